The van der Waals surface area contributed by atoms with Crippen LogP contribution < -0.4 is 0 Å². The van der Waals surface area contributed by atoms with Crippen molar-refractivity contribution in [2.75, 3.05) is 0 Å². The second-order valence-electron chi connectivity index (χ2n) is 2.24. The third-order valence-corrected chi connectivity index (χ3v) is 1.51. The number of imidazole rings is 1. The normalized spacial score (nSPS) is 10.3. The molecular formula is C7H5N3O2. The zero-order valence-electron chi connectivity index (χ0n) is 6.01. The van der Waals surface area contributed by atoms with Crippen molar-refractivity contribution in [3.63, 3.8) is 0 Å². The van der Waals surface area contributed by atoms with E-state index in [9.17, 15) is 4.79 Å². The third kappa shape index (κ3) is 0.833. The lowest BCUT2D eigenvalue weighted by Gasteiger charge is -1.95. The first kappa shape index (κ1) is 6.78. The molecule has 60 valence electrons. The lowest BCUT2D eigenvalue weighted by molar-refractivity contribution is 0.0692. The molecule has 5 nitrogen and oxygen atoms in total. The number of rotatable bonds is 1. The first-order valence-electron chi connectivity index (χ1n) is 3.30. The van der Waals surface area contributed by atoms with Crippen molar-refractivity contribution in [1.82, 2.24) is 14.4 Å². The molecule has 5 heteroatoms. The predicted octanol–water partition coefficient (Wildman–Crippen LogP) is 0.427. The highest BCUT2D eigenvalue weighted by atomic mass is 16.4. The molecule has 2 heterocycles. The van der Waals surface area contributed by atoms with Gasteiger partial charge in [0.05, 0.1) is 0 Å². The average molecular weight is 163 g/mol. The monoisotopic (exact) mass is 163 g/mol. The lowest BCUT2D eigenvalue weighted by Crippen LogP contribution is -2.03. The fourth-order valence-corrected chi connectivity index (χ4v) is 1.01. The molecule has 0 saturated carbocycles. The van der Waals surface area contributed by atoms with E-state index in [-0.39, 0.29) is 5.69 Å². The summed E-state index contributed by atoms with van der Waals surface area (Å²) in [6.07, 6.45) is 6.28. The van der Waals surface area contributed by atoms with E-state index >= 15 is 0 Å². The molecule has 0 radical (unpaired) electrons. The molecular weight excluding hydrogens is 158 g/mol. The van der Waals surface area contributed by atoms with Crippen LogP contribution in [0.5, 0.6) is 0 Å². The molecule has 2 aromatic rings. The van der Waals surface area contributed by atoms with Crippen molar-refractivity contribution >= 4 is 11.6 Å². The standard InChI is InChI=1S/C7H5N3O2/c11-7(12)5-6-9-2-4-10(6)3-1-8-5/h1-4H,(H,11,12). The highest BCUT2D eigenvalue weighted by Gasteiger charge is 2.10. The summed E-state index contributed by atoms with van der Waals surface area (Å²) in [6, 6.07) is 0. The Balaban J connectivity index is 2.82. The van der Waals surface area contributed by atoms with Crippen LogP contribution in [0.25, 0.3) is 5.65 Å². The molecule has 0 spiro atoms. The van der Waals surface area contributed by atoms with Crippen molar-refractivity contribution < 1.29 is 9.90 Å². The van der Waals surface area contributed by atoms with Crippen LogP contribution in [0.3, 0.4) is 0 Å². The molecule has 0 aliphatic heterocycles. The molecule has 1 N–H and O–H groups in total. The second-order valence-corrected chi connectivity index (χ2v) is 2.24. The summed E-state index contributed by atoms with van der Waals surface area (Å²) in [5.41, 5.74) is 0.340. The maximum Gasteiger partial charge on any atom is 0.358 e. The van der Waals surface area contributed by atoms with Crippen molar-refractivity contribution in [3.05, 3.63) is 30.5 Å². The smallest absolute Gasteiger partial charge is 0.358 e. The highest BCUT2D eigenvalue weighted by molar-refractivity contribution is 5.91. The fraction of sp³-hybridized carbons (Fsp3) is 0. The minimum Gasteiger partial charge on any atom is -0.476 e. The van der Waals surface area contributed by atoms with Crippen LogP contribution in [0.1, 0.15) is 10.5 Å². The molecule has 0 bridgehead atoms. The highest BCUT2D eigenvalue weighted by Crippen LogP contribution is 2.03. The molecule has 2 aromatic heterocycles. The Morgan fingerprint density at radius 3 is 2.67 bits per heavy atom. The van der Waals surface area contributed by atoms with E-state index in [1.54, 1.807) is 16.8 Å². The number of hydrogen-bond acceptors (Lipinski definition) is 3. The van der Waals surface area contributed by atoms with Gasteiger partial charge in [0.2, 0.25) is 0 Å². The summed E-state index contributed by atoms with van der Waals surface area (Å²) in [7, 11) is 0. The molecule has 12 heavy (non-hydrogen) atoms. The van der Waals surface area contributed by atoms with E-state index in [2.05, 4.69) is 9.97 Å². The summed E-state index contributed by atoms with van der Waals surface area (Å²) in [6.45, 7) is 0. The Kier molecular flexibility index (Phi) is 1.30. The number of hydrogen-bond donors (Lipinski definition) is 1. The molecule has 0 aromatic carbocycles. The SMILES string of the molecule is O=C(O)c1nccn2ccnc12. The van der Waals surface area contributed by atoms with Crippen LogP contribution in [-0.4, -0.2) is 25.4 Å². The van der Waals surface area contributed by atoms with Crippen molar-refractivity contribution in [3.8, 4) is 0 Å². The van der Waals surface area contributed by atoms with E-state index < -0.39 is 5.97 Å². The summed E-state index contributed by atoms with van der Waals surface area (Å²) in [4.78, 5) is 18.2. The van der Waals surface area contributed by atoms with Gasteiger partial charge in [-0.3, -0.25) is 0 Å². The predicted molar refractivity (Wildman–Crippen MR) is 39.9 cm³/mol. The van der Waals surface area contributed by atoms with Crippen molar-refractivity contribution in [1.29, 1.82) is 0 Å². The number of fused-ring (bicyclic) bond motifs is 1. The largest absolute Gasteiger partial charge is 0.476 e. The van der Waals surface area contributed by atoms with Crippen LogP contribution in [0, 0.1) is 0 Å². The van der Waals surface area contributed by atoms with Gasteiger partial charge >= 0.3 is 5.97 Å². The Morgan fingerprint density at radius 2 is 2.00 bits per heavy atom. The number of carbonyl (C=O) groups is 1. The summed E-state index contributed by atoms with van der Waals surface area (Å²) >= 11 is 0. The number of carboxylic acids is 1. The van der Waals surface area contributed by atoms with Gasteiger partial charge in [-0.05, 0) is 0 Å². The lowest BCUT2D eigenvalue weighted by atomic mass is 10.4. The molecule has 0 fully saturated rings. The Hall–Kier alpha value is -1.91. The van der Waals surface area contributed by atoms with Crippen molar-refractivity contribution in [2.45, 2.75) is 0 Å². The van der Waals surface area contributed by atoms with Crippen LogP contribution in [0.4, 0.5) is 0 Å². The van der Waals surface area contributed by atoms with E-state index in [1.165, 1.54) is 12.4 Å². The third-order valence-electron chi connectivity index (χ3n) is 1.51. The summed E-state index contributed by atoms with van der Waals surface area (Å²) in [5, 5.41) is 8.69. The first-order chi connectivity index (χ1) is 5.79. The number of nitrogens with zero attached hydrogens (tertiary/aromatic N) is 3. The van der Waals surface area contributed by atoms with Crippen LogP contribution in [0.2, 0.25) is 0 Å². The number of aromatic carboxylic acids is 1. The molecule has 0 amide bonds. The van der Waals surface area contributed by atoms with Gasteiger partial charge < -0.3 is 9.51 Å². The molecule has 2 rings (SSSR count). The average Bonchev–Trinajstić information content (AvgIpc) is 2.49. The van der Waals surface area contributed by atoms with Gasteiger partial charge in [-0.2, -0.15) is 0 Å². The summed E-state index contributed by atoms with van der Waals surface area (Å²) < 4.78 is 1.61. The zero-order valence-corrected chi connectivity index (χ0v) is 6.01. The van der Waals surface area contributed by atoms with Gasteiger partial charge in [0.15, 0.2) is 11.3 Å². The maximum atomic E-state index is 10.6. The van der Waals surface area contributed by atoms with E-state index in [0.717, 1.165) is 0 Å². The van der Waals surface area contributed by atoms with Gasteiger partial charge in [-0.15, -0.1) is 0 Å². The molecule has 0 aliphatic carbocycles. The van der Waals surface area contributed by atoms with Gasteiger partial charge in [0.25, 0.3) is 0 Å². The van der Waals surface area contributed by atoms with Crippen LogP contribution >= 0.6 is 0 Å². The van der Waals surface area contributed by atoms with E-state index in [1.807, 2.05) is 0 Å². The van der Waals surface area contributed by atoms with Gasteiger partial charge in [-0.25, -0.2) is 14.8 Å². The van der Waals surface area contributed by atoms with Crippen molar-refractivity contribution in [2.24, 2.45) is 0 Å². The zero-order chi connectivity index (χ0) is 8.55. The Morgan fingerprint density at radius 1 is 1.33 bits per heavy atom. The molecule has 0 saturated heterocycles. The number of aromatic nitrogens is 3. The molecule has 0 aliphatic rings. The van der Waals surface area contributed by atoms with Gasteiger partial charge in [0.1, 0.15) is 0 Å². The molecule has 0 atom stereocenters. The van der Waals surface area contributed by atoms with Gasteiger partial charge in [-0.1, -0.05) is 0 Å². The summed E-state index contributed by atoms with van der Waals surface area (Å²) in [5.74, 6) is -1.06. The molecule has 0 unspecified atom stereocenters. The fourth-order valence-electron chi connectivity index (χ4n) is 1.01. The Bertz CT molecular complexity index is 435. The van der Waals surface area contributed by atoms with E-state index in [0.29, 0.717) is 5.65 Å². The quantitative estimate of drug-likeness (QED) is 0.661. The topological polar surface area (TPSA) is 67.5 Å². The minimum atomic E-state index is -1.06. The van der Waals surface area contributed by atoms with Crippen LogP contribution in [0.15, 0.2) is 24.8 Å². The Labute approximate surface area is 67.3 Å². The minimum absolute atomic E-state index is 0.0255. The second kappa shape index (κ2) is 2.30. The van der Waals surface area contributed by atoms with Crippen LogP contribution in [-0.2, 0) is 0 Å². The van der Waals surface area contributed by atoms with E-state index in [4.69, 9.17) is 5.11 Å². The maximum absolute atomic E-state index is 10.6. The van der Waals surface area contributed by atoms with Gasteiger partial charge in [0, 0.05) is 24.8 Å². The first-order valence-corrected chi connectivity index (χ1v) is 3.30. The number of carboxylic acid groups (broad SMARTS) is 1.